The van der Waals surface area contributed by atoms with Crippen LogP contribution >= 0.6 is 22.7 Å². The molecule has 5 heteroatoms. The van der Waals surface area contributed by atoms with Crippen LogP contribution in [-0.4, -0.2) is 28.9 Å². The maximum absolute atomic E-state index is 12.4. The minimum absolute atomic E-state index is 0.206. The molecule has 0 spiro atoms. The van der Waals surface area contributed by atoms with E-state index in [9.17, 15) is 4.79 Å². The molecule has 2 aromatic heterocycles. The summed E-state index contributed by atoms with van der Waals surface area (Å²) in [5.74, 6) is 0.206. The maximum atomic E-state index is 12.4. The van der Waals surface area contributed by atoms with Crippen LogP contribution in [0, 0.1) is 0 Å². The first-order valence-electron chi connectivity index (χ1n) is 7.50. The van der Waals surface area contributed by atoms with E-state index in [1.807, 2.05) is 11.0 Å². The third-order valence-electron chi connectivity index (χ3n) is 4.11. The molecule has 3 nitrogen and oxygen atoms in total. The Kier molecular flexibility index (Phi) is 3.68. The van der Waals surface area contributed by atoms with E-state index in [1.54, 1.807) is 22.7 Å². The molecule has 2 aromatic rings. The molecule has 4 rings (SSSR count). The third-order valence-corrected chi connectivity index (χ3v) is 5.68. The first-order valence-corrected chi connectivity index (χ1v) is 9.32. The van der Waals surface area contributed by atoms with Gasteiger partial charge in [0.25, 0.3) is 0 Å². The van der Waals surface area contributed by atoms with Crippen LogP contribution in [0.25, 0.3) is 16.1 Å². The van der Waals surface area contributed by atoms with E-state index in [0.29, 0.717) is 0 Å². The number of hydrogen-bond acceptors (Lipinski definition) is 4. The summed E-state index contributed by atoms with van der Waals surface area (Å²) in [6.45, 7) is 1.81. The second-order valence-corrected chi connectivity index (χ2v) is 7.22. The molecule has 1 amide bonds. The molecule has 1 aliphatic carbocycles. The molecule has 1 fully saturated rings. The number of rotatable bonds is 3. The van der Waals surface area contributed by atoms with Gasteiger partial charge in [0.15, 0.2) is 0 Å². The monoisotopic (exact) mass is 328 g/mol. The van der Waals surface area contributed by atoms with Gasteiger partial charge >= 0.3 is 0 Å². The molecule has 0 radical (unpaired) electrons. The van der Waals surface area contributed by atoms with Gasteiger partial charge in [0.1, 0.15) is 5.01 Å². The lowest BCUT2D eigenvalue weighted by Crippen LogP contribution is -2.28. The summed E-state index contributed by atoms with van der Waals surface area (Å²) < 4.78 is 0. The summed E-state index contributed by atoms with van der Waals surface area (Å²) in [5, 5.41) is 7.31. The Morgan fingerprint density at radius 2 is 2.09 bits per heavy atom. The van der Waals surface area contributed by atoms with E-state index in [4.69, 9.17) is 4.98 Å². The van der Waals surface area contributed by atoms with Crippen molar-refractivity contribution in [2.45, 2.75) is 19.3 Å². The quantitative estimate of drug-likeness (QED) is 0.846. The lowest BCUT2D eigenvalue weighted by Gasteiger charge is -2.15. The zero-order valence-electron chi connectivity index (χ0n) is 12.1. The van der Waals surface area contributed by atoms with Crippen LogP contribution in [0.15, 0.2) is 39.9 Å². The number of carbonyl (C=O) groups is 1. The van der Waals surface area contributed by atoms with Gasteiger partial charge in [0.2, 0.25) is 5.91 Å². The largest absolute Gasteiger partial charge is 0.339 e. The van der Waals surface area contributed by atoms with E-state index < -0.39 is 0 Å². The molecule has 112 valence electrons. The van der Waals surface area contributed by atoms with Crippen molar-refractivity contribution in [3.05, 3.63) is 45.6 Å². The smallest absolute Gasteiger partial charge is 0.250 e. The van der Waals surface area contributed by atoms with Crippen LogP contribution in [0.4, 0.5) is 0 Å². The highest BCUT2D eigenvalue weighted by molar-refractivity contribution is 7.14. The van der Waals surface area contributed by atoms with E-state index in [1.165, 1.54) is 5.56 Å². The van der Waals surface area contributed by atoms with Gasteiger partial charge in [-0.05, 0) is 42.4 Å². The average Bonchev–Trinajstić information content (AvgIpc) is 3.35. The van der Waals surface area contributed by atoms with Crippen molar-refractivity contribution < 1.29 is 4.79 Å². The summed E-state index contributed by atoms with van der Waals surface area (Å²) in [7, 11) is 0. The summed E-state index contributed by atoms with van der Waals surface area (Å²) >= 11 is 3.34. The maximum Gasteiger partial charge on any atom is 0.250 e. The summed E-state index contributed by atoms with van der Waals surface area (Å²) in [6.07, 6.45) is 7.14. The predicted octanol–water partition coefficient (Wildman–Crippen LogP) is 4.21. The van der Waals surface area contributed by atoms with Gasteiger partial charge in [-0.25, -0.2) is 4.98 Å². The highest BCUT2D eigenvalue weighted by atomic mass is 32.1. The number of likely N-dealkylation sites (tertiary alicyclic amines) is 1. The fourth-order valence-corrected chi connectivity index (χ4v) is 4.44. The highest BCUT2D eigenvalue weighted by Gasteiger charge is 2.23. The van der Waals surface area contributed by atoms with Crippen LogP contribution in [0.2, 0.25) is 0 Å². The first-order chi connectivity index (χ1) is 10.8. The standard InChI is InChI=1S/C17H16N2OS2/c20-17(19-6-1-2-7-19)13-4-3-12(9-13)15-11-22-16(18-15)14-5-8-21-10-14/h3,5,8-11H,1-2,4,6-7H2. The lowest BCUT2D eigenvalue weighted by atomic mass is 10.2. The van der Waals surface area contributed by atoms with Gasteiger partial charge in [-0.15, -0.1) is 11.3 Å². The molecule has 2 aliphatic rings. The van der Waals surface area contributed by atoms with Crippen LogP contribution in [0.5, 0.6) is 0 Å². The molecule has 0 atom stereocenters. The second-order valence-electron chi connectivity index (χ2n) is 5.58. The number of hydrogen-bond donors (Lipinski definition) is 0. The molecule has 0 unspecified atom stereocenters. The molecule has 0 N–H and O–H groups in total. The van der Waals surface area contributed by atoms with Gasteiger partial charge < -0.3 is 4.90 Å². The Morgan fingerprint density at radius 3 is 2.86 bits per heavy atom. The van der Waals surface area contributed by atoms with E-state index in [-0.39, 0.29) is 5.91 Å². The van der Waals surface area contributed by atoms with Crippen molar-refractivity contribution in [1.82, 2.24) is 9.88 Å². The number of allylic oxidation sites excluding steroid dienone is 3. The Balaban J connectivity index is 1.53. The Labute approximate surface area is 137 Å². The van der Waals surface area contributed by atoms with E-state index in [2.05, 4.69) is 28.3 Å². The Bertz CT molecular complexity index is 749. The average molecular weight is 328 g/mol. The number of nitrogens with zero attached hydrogens (tertiary/aromatic N) is 2. The minimum atomic E-state index is 0.206. The molecule has 1 aliphatic heterocycles. The van der Waals surface area contributed by atoms with Crippen LogP contribution in [0.3, 0.4) is 0 Å². The number of aromatic nitrogens is 1. The SMILES string of the molecule is O=C(C1=CC(c2csc(-c3ccsc3)n2)=CC1)N1CCCC1. The molecular formula is C17H16N2OS2. The predicted molar refractivity (Wildman–Crippen MR) is 91.9 cm³/mol. The van der Waals surface area contributed by atoms with Gasteiger partial charge in [0, 0.05) is 35.0 Å². The Hall–Kier alpha value is -1.72. The highest BCUT2D eigenvalue weighted by Crippen LogP contribution is 2.32. The van der Waals surface area contributed by atoms with Crippen LogP contribution in [-0.2, 0) is 4.79 Å². The normalized spacial score (nSPS) is 17.7. The molecule has 0 bridgehead atoms. The van der Waals surface area contributed by atoms with Crippen molar-refractivity contribution in [3.8, 4) is 10.6 Å². The number of thiophene rings is 1. The third kappa shape index (κ3) is 2.55. The topological polar surface area (TPSA) is 33.2 Å². The van der Waals surface area contributed by atoms with Crippen molar-refractivity contribution in [3.63, 3.8) is 0 Å². The van der Waals surface area contributed by atoms with E-state index in [0.717, 1.165) is 54.2 Å². The van der Waals surface area contributed by atoms with Gasteiger partial charge in [0.05, 0.1) is 5.69 Å². The van der Waals surface area contributed by atoms with Gasteiger partial charge in [-0.2, -0.15) is 11.3 Å². The Morgan fingerprint density at radius 1 is 1.23 bits per heavy atom. The summed E-state index contributed by atoms with van der Waals surface area (Å²) in [4.78, 5) is 19.1. The summed E-state index contributed by atoms with van der Waals surface area (Å²) in [5.41, 5.74) is 4.15. The van der Waals surface area contributed by atoms with Crippen LogP contribution in [0.1, 0.15) is 25.0 Å². The first kappa shape index (κ1) is 13.9. The second kappa shape index (κ2) is 5.82. The van der Waals surface area contributed by atoms with Crippen molar-refractivity contribution in [2.75, 3.05) is 13.1 Å². The van der Waals surface area contributed by atoms with Crippen molar-refractivity contribution >= 4 is 34.2 Å². The molecule has 22 heavy (non-hydrogen) atoms. The zero-order chi connectivity index (χ0) is 14.9. The van der Waals surface area contributed by atoms with Gasteiger partial charge in [-0.1, -0.05) is 6.08 Å². The minimum Gasteiger partial charge on any atom is -0.339 e. The van der Waals surface area contributed by atoms with Crippen molar-refractivity contribution in [1.29, 1.82) is 0 Å². The molecule has 3 heterocycles. The molecule has 0 aromatic carbocycles. The fraction of sp³-hybridized carbons (Fsp3) is 0.294. The molecule has 1 saturated heterocycles. The molecule has 0 saturated carbocycles. The lowest BCUT2D eigenvalue weighted by molar-refractivity contribution is -0.126. The van der Waals surface area contributed by atoms with Crippen molar-refractivity contribution in [2.24, 2.45) is 0 Å². The molecular weight excluding hydrogens is 312 g/mol. The van der Waals surface area contributed by atoms with Gasteiger partial charge in [-0.3, -0.25) is 4.79 Å². The number of amides is 1. The van der Waals surface area contributed by atoms with E-state index >= 15 is 0 Å². The zero-order valence-corrected chi connectivity index (χ0v) is 13.8. The summed E-state index contributed by atoms with van der Waals surface area (Å²) in [6, 6.07) is 2.09. The number of thiazole rings is 1. The van der Waals surface area contributed by atoms with Crippen LogP contribution < -0.4 is 0 Å². The number of carbonyl (C=O) groups excluding carboxylic acids is 1. The fourth-order valence-electron chi connectivity index (χ4n) is 2.90.